The van der Waals surface area contributed by atoms with Gasteiger partial charge in [-0.1, -0.05) is 30.3 Å². The zero-order chi connectivity index (χ0) is 15.4. The second-order valence-corrected chi connectivity index (χ2v) is 4.14. The van der Waals surface area contributed by atoms with Gasteiger partial charge in [0.05, 0.1) is 6.61 Å². The summed E-state index contributed by atoms with van der Waals surface area (Å²) in [6, 6.07) is 8.17. The molecule has 0 fully saturated rings. The number of hydrogen-bond acceptors (Lipinski definition) is 5. The number of nitro groups is 1. The van der Waals surface area contributed by atoms with Crippen LogP contribution in [0.1, 0.15) is 18.9 Å². The van der Waals surface area contributed by atoms with Crippen molar-refractivity contribution in [1.82, 2.24) is 5.32 Å². The van der Waals surface area contributed by atoms with E-state index in [1.54, 1.807) is 6.92 Å². The number of carbonyl (C=O) groups excluding carboxylic acids is 1. The van der Waals surface area contributed by atoms with E-state index in [-0.39, 0.29) is 19.4 Å². The Hall–Kier alpha value is -1.95. The minimum Gasteiger partial charge on any atom is -0.466 e. The summed E-state index contributed by atoms with van der Waals surface area (Å²) in [4.78, 5) is 21.6. The molecule has 1 N–H and O–H groups in total. The maximum Gasteiger partial charge on any atom is 0.312 e. The summed E-state index contributed by atoms with van der Waals surface area (Å²) in [6.45, 7) is 1.92. The molecule has 1 aromatic rings. The van der Waals surface area contributed by atoms with Gasteiger partial charge < -0.3 is 10.1 Å². The monoisotopic (exact) mass is 282 g/mol. The number of hydrogen-bond donors (Lipinski definition) is 1. The number of nitrogens with zero attached hydrogens (tertiary/aromatic N) is 1. The topological polar surface area (TPSA) is 81.5 Å². The highest BCUT2D eigenvalue weighted by Crippen LogP contribution is 2.09. The van der Waals surface area contributed by atoms with Gasteiger partial charge in [0.15, 0.2) is 0 Å². The van der Waals surface area contributed by atoms with Gasteiger partial charge in [0.25, 0.3) is 0 Å². The van der Waals surface area contributed by atoms with E-state index in [1.807, 2.05) is 44.4 Å². The molecule has 1 aromatic carbocycles. The van der Waals surface area contributed by atoms with Crippen LogP contribution in [0, 0.1) is 10.1 Å². The highest BCUT2D eigenvalue weighted by atomic mass is 16.6. The van der Waals surface area contributed by atoms with E-state index < -0.39 is 16.9 Å². The van der Waals surface area contributed by atoms with Crippen LogP contribution >= 0.6 is 0 Å². The smallest absolute Gasteiger partial charge is 0.312 e. The van der Waals surface area contributed by atoms with Crippen molar-refractivity contribution in [3.05, 3.63) is 46.0 Å². The molecule has 0 spiro atoms. The summed E-state index contributed by atoms with van der Waals surface area (Å²) >= 11 is 0. The van der Waals surface area contributed by atoms with Crippen LogP contribution in [0.2, 0.25) is 0 Å². The van der Waals surface area contributed by atoms with Crippen LogP contribution in [0.4, 0.5) is 0 Å². The molecule has 6 heteroatoms. The molecular weight excluding hydrogens is 260 g/mol. The van der Waals surface area contributed by atoms with Crippen molar-refractivity contribution in [2.45, 2.75) is 25.8 Å². The predicted molar refractivity (Wildman–Crippen MR) is 77.2 cm³/mol. The Bertz CT molecular complexity index is 395. The number of ether oxygens (including phenoxy) is 1. The highest BCUT2D eigenvalue weighted by Gasteiger charge is 2.25. The van der Waals surface area contributed by atoms with Crippen molar-refractivity contribution in [2.24, 2.45) is 0 Å². The molecule has 0 bridgehead atoms. The summed E-state index contributed by atoms with van der Waals surface area (Å²) in [7, 11) is 3.75. The molecule has 0 aliphatic rings. The van der Waals surface area contributed by atoms with Gasteiger partial charge in [-0.15, -0.1) is 0 Å². The Kier molecular flexibility index (Phi) is 9.86. The highest BCUT2D eigenvalue weighted by molar-refractivity contribution is 5.69. The standard InChI is InChI=1S/C12H15NO4.C2H7N/c1-2-17-12(14)9-11(13(15)16)8-10-6-4-3-5-7-10;1-3-2/h3-7,11H,2,8-9H2,1H3;3H,1-2H3. The Morgan fingerprint density at radius 1 is 1.35 bits per heavy atom. The van der Waals surface area contributed by atoms with E-state index >= 15 is 0 Å². The SMILES string of the molecule is CCOC(=O)CC(Cc1ccccc1)[N+](=O)[O-].CNC. The molecule has 20 heavy (non-hydrogen) atoms. The minimum absolute atomic E-state index is 0.185. The normalized spacial score (nSPS) is 10.9. The molecule has 1 rings (SSSR count). The van der Waals surface area contributed by atoms with Gasteiger partial charge in [0, 0.05) is 11.3 Å². The third-order valence-electron chi connectivity index (χ3n) is 2.32. The van der Waals surface area contributed by atoms with Gasteiger partial charge in [-0.2, -0.15) is 0 Å². The zero-order valence-electron chi connectivity index (χ0n) is 12.2. The largest absolute Gasteiger partial charge is 0.466 e. The van der Waals surface area contributed by atoms with Crippen LogP contribution in [0.15, 0.2) is 30.3 Å². The molecule has 0 amide bonds. The first-order valence-corrected chi connectivity index (χ1v) is 6.46. The van der Waals surface area contributed by atoms with Crippen LogP contribution in [-0.4, -0.2) is 37.6 Å². The fraction of sp³-hybridized carbons (Fsp3) is 0.500. The van der Waals surface area contributed by atoms with Crippen LogP contribution < -0.4 is 5.32 Å². The average molecular weight is 282 g/mol. The summed E-state index contributed by atoms with van der Waals surface area (Å²) in [5.74, 6) is -0.523. The molecule has 1 unspecified atom stereocenters. The lowest BCUT2D eigenvalue weighted by Crippen LogP contribution is -2.26. The van der Waals surface area contributed by atoms with E-state index in [1.165, 1.54) is 0 Å². The summed E-state index contributed by atoms with van der Waals surface area (Å²) in [5, 5.41) is 13.6. The molecule has 0 aromatic heterocycles. The molecule has 0 radical (unpaired) electrons. The maximum atomic E-state index is 11.2. The Morgan fingerprint density at radius 2 is 1.90 bits per heavy atom. The molecule has 0 saturated heterocycles. The molecule has 112 valence electrons. The molecule has 0 saturated carbocycles. The summed E-state index contributed by atoms with van der Waals surface area (Å²) in [6.07, 6.45) is 0.0579. The Morgan fingerprint density at radius 3 is 2.35 bits per heavy atom. The second-order valence-electron chi connectivity index (χ2n) is 4.14. The van der Waals surface area contributed by atoms with Gasteiger partial charge in [-0.05, 0) is 26.6 Å². The quantitative estimate of drug-likeness (QED) is 0.487. The van der Waals surface area contributed by atoms with Crippen LogP contribution in [-0.2, 0) is 16.0 Å². The lowest BCUT2D eigenvalue weighted by molar-refractivity contribution is -0.521. The Labute approximate surface area is 119 Å². The van der Waals surface area contributed by atoms with Crippen molar-refractivity contribution >= 4 is 5.97 Å². The number of rotatable bonds is 6. The van der Waals surface area contributed by atoms with Crippen molar-refractivity contribution in [2.75, 3.05) is 20.7 Å². The fourth-order valence-corrected chi connectivity index (χ4v) is 1.52. The van der Waals surface area contributed by atoms with Gasteiger partial charge in [0.1, 0.15) is 6.42 Å². The third kappa shape index (κ3) is 8.20. The molecule has 0 aliphatic heterocycles. The lowest BCUT2D eigenvalue weighted by atomic mass is 10.0. The summed E-state index contributed by atoms with van der Waals surface area (Å²) in [5.41, 5.74) is 0.846. The zero-order valence-corrected chi connectivity index (χ0v) is 12.2. The van der Waals surface area contributed by atoms with Crippen LogP contribution in [0.5, 0.6) is 0 Å². The van der Waals surface area contributed by atoms with E-state index in [4.69, 9.17) is 4.74 Å². The maximum absolute atomic E-state index is 11.2. The molecule has 1 atom stereocenters. The van der Waals surface area contributed by atoms with E-state index in [9.17, 15) is 14.9 Å². The second kappa shape index (κ2) is 10.9. The Balaban J connectivity index is 0.00000110. The van der Waals surface area contributed by atoms with Crippen molar-refractivity contribution in [3.8, 4) is 0 Å². The first kappa shape index (κ1) is 18.0. The van der Waals surface area contributed by atoms with E-state index in [0.29, 0.717) is 0 Å². The third-order valence-corrected chi connectivity index (χ3v) is 2.32. The van der Waals surface area contributed by atoms with E-state index in [2.05, 4.69) is 5.32 Å². The molecular formula is C14H22N2O4. The van der Waals surface area contributed by atoms with Gasteiger partial charge in [-0.25, -0.2) is 0 Å². The van der Waals surface area contributed by atoms with Crippen LogP contribution in [0.25, 0.3) is 0 Å². The molecule has 0 aliphatic carbocycles. The van der Waals surface area contributed by atoms with Crippen molar-refractivity contribution < 1.29 is 14.5 Å². The van der Waals surface area contributed by atoms with Gasteiger partial charge in [-0.3, -0.25) is 14.9 Å². The molecule has 6 nitrogen and oxygen atoms in total. The van der Waals surface area contributed by atoms with Crippen LogP contribution in [0.3, 0.4) is 0 Å². The fourth-order valence-electron chi connectivity index (χ4n) is 1.52. The predicted octanol–water partition coefficient (Wildman–Crippen LogP) is 1.66. The van der Waals surface area contributed by atoms with Crippen molar-refractivity contribution in [1.29, 1.82) is 0 Å². The number of benzene rings is 1. The average Bonchev–Trinajstić information content (AvgIpc) is 2.40. The van der Waals surface area contributed by atoms with Gasteiger partial charge >= 0.3 is 5.97 Å². The number of esters is 1. The lowest BCUT2D eigenvalue weighted by Gasteiger charge is -2.08. The van der Waals surface area contributed by atoms with E-state index in [0.717, 1.165) is 5.56 Å². The first-order chi connectivity index (χ1) is 9.54. The molecule has 0 heterocycles. The summed E-state index contributed by atoms with van der Waals surface area (Å²) < 4.78 is 4.72. The number of nitrogens with one attached hydrogen (secondary N) is 1. The number of carbonyl (C=O) groups is 1. The minimum atomic E-state index is -0.920. The van der Waals surface area contributed by atoms with Crippen molar-refractivity contribution in [3.63, 3.8) is 0 Å². The first-order valence-electron chi connectivity index (χ1n) is 6.46. The van der Waals surface area contributed by atoms with Gasteiger partial charge in [0.2, 0.25) is 6.04 Å².